The molecule has 1 aromatic carbocycles. The maximum absolute atomic E-state index is 12.2. The van der Waals surface area contributed by atoms with Gasteiger partial charge in [-0.25, -0.2) is 9.78 Å². The van der Waals surface area contributed by atoms with Gasteiger partial charge in [0.25, 0.3) is 0 Å². The standard InChI is InChI=1S/C15H14N2O3S/c18-13(12-8-2-1-3-9(8)12)17-15-16-10-5-4-7(14(19)20)6-11(10)21-15/h4-6,8-9,12H,1-3H2,(H,19,20)(H,16,17,18). The van der Waals surface area contributed by atoms with Crippen LogP contribution in [0, 0.1) is 17.8 Å². The van der Waals surface area contributed by atoms with Gasteiger partial charge in [-0.2, -0.15) is 0 Å². The van der Waals surface area contributed by atoms with Crippen LogP contribution in [0.3, 0.4) is 0 Å². The number of amides is 1. The number of fused-ring (bicyclic) bond motifs is 2. The Morgan fingerprint density at radius 1 is 1.29 bits per heavy atom. The second-order valence-corrected chi connectivity index (χ2v) is 6.81. The Bertz CT molecular complexity index is 744. The maximum Gasteiger partial charge on any atom is 0.335 e. The molecule has 0 spiro atoms. The van der Waals surface area contributed by atoms with Gasteiger partial charge >= 0.3 is 5.97 Å². The molecule has 6 heteroatoms. The Morgan fingerprint density at radius 2 is 2.05 bits per heavy atom. The number of rotatable bonds is 3. The van der Waals surface area contributed by atoms with E-state index in [-0.39, 0.29) is 17.4 Å². The summed E-state index contributed by atoms with van der Waals surface area (Å²) in [5, 5.41) is 12.4. The van der Waals surface area contributed by atoms with Crippen molar-refractivity contribution in [2.45, 2.75) is 19.3 Å². The lowest BCUT2D eigenvalue weighted by atomic mass is 10.1. The third-order valence-electron chi connectivity index (χ3n) is 4.57. The average molecular weight is 302 g/mol. The molecule has 2 fully saturated rings. The highest BCUT2D eigenvalue weighted by Gasteiger charge is 2.56. The minimum Gasteiger partial charge on any atom is -0.478 e. The van der Waals surface area contributed by atoms with Gasteiger partial charge in [0.05, 0.1) is 15.8 Å². The van der Waals surface area contributed by atoms with Crippen molar-refractivity contribution >= 4 is 38.6 Å². The summed E-state index contributed by atoms with van der Waals surface area (Å²) in [5.74, 6) is 0.445. The van der Waals surface area contributed by atoms with Crippen molar-refractivity contribution in [1.82, 2.24) is 4.98 Å². The number of benzene rings is 1. The number of carboxylic acid groups (broad SMARTS) is 1. The van der Waals surface area contributed by atoms with Crippen molar-refractivity contribution in [3.05, 3.63) is 23.8 Å². The largest absolute Gasteiger partial charge is 0.478 e. The minimum absolute atomic E-state index is 0.0715. The van der Waals surface area contributed by atoms with E-state index in [0.29, 0.717) is 17.0 Å². The summed E-state index contributed by atoms with van der Waals surface area (Å²) >= 11 is 1.32. The molecule has 0 aliphatic heterocycles. The zero-order valence-electron chi connectivity index (χ0n) is 11.2. The van der Waals surface area contributed by atoms with Crippen molar-refractivity contribution in [3.8, 4) is 0 Å². The van der Waals surface area contributed by atoms with E-state index in [9.17, 15) is 9.59 Å². The lowest BCUT2D eigenvalue weighted by molar-refractivity contribution is -0.118. The highest BCUT2D eigenvalue weighted by Crippen LogP contribution is 2.57. The van der Waals surface area contributed by atoms with Gasteiger partial charge in [-0.05, 0) is 42.9 Å². The number of hydrogen-bond acceptors (Lipinski definition) is 4. The van der Waals surface area contributed by atoms with E-state index in [1.807, 2.05) is 0 Å². The Labute approximate surface area is 125 Å². The number of thiazole rings is 1. The van der Waals surface area contributed by atoms with Crippen LogP contribution in [-0.4, -0.2) is 22.0 Å². The molecule has 108 valence electrons. The van der Waals surface area contributed by atoms with Crippen LogP contribution in [0.5, 0.6) is 0 Å². The summed E-state index contributed by atoms with van der Waals surface area (Å²) in [5.41, 5.74) is 0.956. The molecule has 1 amide bonds. The zero-order chi connectivity index (χ0) is 14.6. The van der Waals surface area contributed by atoms with Gasteiger partial charge in [0.1, 0.15) is 0 Å². The monoisotopic (exact) mass is 302 g/mol. The van der Waals surface area contributed by atoms with Gasteiger partial charge in [-0.15, -0.1) is 0 Å². The molecule has 2 saturated carbocycles. The molecule has 0 bridgehead atoms. The van der Waals surface area contributed by atoms with Crippen molar-refractivity contribution in [3.63, 3.8) is 0 Å². The molecule has 2 aliphatic rings. The first kappa shape index (κ1) is 12.8. The fourth-order valence-electron chi connectivity index (χ4n) is 3.51. The maximum atomic E-state index is 12.2. The van der Waals surface area contributed by atoms with E-state index < -0.39 is 5.97 Å². The Balaban J connectivity index is 1.54. The first-order valence-electron chi connectivity index (χ1n) is 7.08. The fourth-order valence-corrected chi connectivity index (χ4v) is 4.42. The summed E-state index contributed by atoms with van der Waals surface area (Å²) in [6, 6.07) is 4.80. The Hall–Kier alpha value is -1.95. The minimum atomic E-state index is -0.957. The second kappa shape index (κ2) is 4.53. The number of hydrogen-bond donors (Lipinski definition) is 2. The van der Waals surface area contributed by atoms with E-state index >= 15 is 0 Å². The molecule has 5 nitrogen and oxygen atoms in total. The molecule has 2 aliphatic carbocycles. The number of anilines is 1. The van der Waals surface area contributed by atoms with Gasteiger partial charge < -0.3 is 10.4 Å². The van der Waals surface area contributed by atoms with E-state index in [4.69, 9.17) is 5.11 Å². The summed E-state index contributed by atoms with van der Waals surface area (Å²) in [7, 11) is 0. The average Bonchev–Trinajstić information content (AvgIpc) is 2.82. The summed E-state index contributed by atoms with van der Waals surface area (Å²) in [6.07, 6.45) is 3.59. The lowest BCUT2D eigenvalue weighted by Gasteiger charge is -2.02. The summed E-state index contributed by atoms with van der Waals surface area (Å²) in [4.78, 5) is 27.5. The molecule has 1 aromatic heterocycles. The first-order chi connectivity index (χ1) is 10.1. The van der Waals surface area contributed by atoms with Crippen molar-refractivity contribution in [2.75, 3.05) is 5.32 Å². The number of carbonyl (C=O) groups excluding carboxylic acids is 1. The first-order valence-corrected chi connectivity index (χ1v) is 7.90. The van der Waals surface area contributed by atoms with Gasteiger partial charge in [0, 0.05) is 5.92 Å². The molecule has 2 atom stereocenters. The zero-order valence-corrected chi connectivity index (χ0v) is 12.0. The highest BCUT2D eigenvalue weighted by molar-refractivity contribution is 7.22. The molecule has 2 N–H and O–H groups in total. The lowest BCUT2D eigenvalue weighted by Crippen LogP contribution is -2.16. The number of nitrogens with zero attached hydrogens (tertiary/aromatic N) is 1. The van der Waals surface area contributed by atoms with E-state index in [2.05, 4.69) is 10.3 Å². The molecule has 2 aromatic rings. The van der Waals surface area contributed by atoms with Crippen molar-refractivity contribution < 1.29 is 14.7 Å². The van der Waals surface area contributed by atoms with Gasteiger partial charge in [-0.1, -0.05) is 17.8 Å². The third-order valence-corrected chi connectivity index (χ3v) is 5.51. The highest BCUT2D eigenvalue weighted by atomic mass is 32.1. The molecule has 4 rings (SSSR count). The van der Waals surface area contributed by atoms with Crippen LogP contribution in [0.2, 0.25) is 0 Å². The van der Waals surface area contributed by atoms with E-state index in [0.717, 1.165) is 10.2 Å². The predicted molar refractivity (Wildman–Crippen MR) is 79.5 cm³/mol. The normalized spacial score (nSPS) is 26.6. The van der Waals surface area contributed by atoms with E-state index in [1.54, 1.807) is 12.1 Å². The number of carboxylic acids is 1. The Kier molecular flexibility index (Phi) is 2.75. The summed E-state index contributed by atoms with van der Waals surface area (Å²) in [6.45, 7) is 0. The Morgan fingerprint density at radius 3 is 2.76 bits per heavy atom. The number of nitrogens with one attached hydrogen (secondary N) is 1. The van der Waals surface area contributed by atoms with E-state index in [1.165, 1.54) is 36.7 Å². The van der Waals surface area contributed by atoms with Gasteiger partial charge in [0.15, 0.2) is 5.13 Å². The number of aromatic carboxylic acids is 1. The molecule has 21 heavy (non-hydrogen) atoms. The van der Waals surface area contributed by atoms with Crippen LogP contribution in [0.4, 0.5) is 5.13 Å². The number of aromatic nitrogens is 1. The van der Waals surface area contributed by atoms with Crippen LogP contribution in [0.25, 0.3) is 10.2 Å². The predicted octanol–water partition coefficient (Wildman–Crippen LogP) is 2.98. The van der Waals surface area contributed by atoms with Crippen LogP contribution in [-0.2, 0) is 4.79 Å². The third kappa shape index (κ3) is 2.10. The van der Waals surface area contributed by atoms with Crippen LogP contribution in [0.1, 0.15) is 29.6 Å². The fraction of sp³-hybridized carbons (Fsp3) is 0.400. The molecule has 1 heterocycles. The smallest absolute Gasteiger partial charge is 0.335 e. The van der Waals surface area contributed by atoms with Gasteiger partial charge in [0.2, 0.25) is 5.91 Å². The molecule has 2 unspecified atom stereocenters. The molecule has 0 radical (unpaired) electrons. The number of carbonyl (C=O) groups is 2. The van der Waals surface area contributed by atoms with Crippen LogP contribution >= 0.6 is 11.3 Å². The van der Waals surface area contributed by atoms with Gasteiger partial charge in [-0.3, -0.25) is 4.79 Å². The van der Waals surface area contributed by atoms with Crippen LogP contribution in [0.15, 0.2) is 18.2 Å². The van der Waals surface area contributed by atoms with Crippen LogP contribution < -0.4 is 5.32 Å². The quantitative estimate of drug-likeness (QED) is 0.913. The molecular formula is C15H14N2O3S. The molecule has 0 saturated heterocycles. The topological polar surface area (TPSA) is 79.3 Å². The second-order valence-electron chi connectivity index (χ2n) is 5.78. The summed E-state index contributed by atoms with van der Waals surface area (Å²) < 4.78 is 0.779. The van der Waals surface area contributed by atoms with Crippen molar-refractivity contribution in [1.29, 1.82) is 0 Å². The van der Waals surface area contributed by atoms with Crippen molar-refractivity contribution in [2.24, 2.45) is 17.8 Å². The molecular weight excluding hydrogens is 288 g/mol. The SMILES string of the molecule is O=C(O)c1ccc2nc(NC(=O)C3C4CCCC43)sc2c1.